The minimum atomic E-state index is 0.350. The minimum absolute atomic E-state index is 0.350. The number of nitrogens with zero attached hydrogens (tertiary/aromatic N) is 2. The van der Waals surface area contributed by atoms with Gasteiger partial charge in [-0.2, -0.15) is 0 Å². The first-order valence-corrected chi connectivity index (χ1v) is 6.78. The van der Waals surface area contributed by atoms with Crippen molar-refractivity contribution >= 4 is 0 Å². The average Bonchev–Trinajstić information content (AvgIpc) is 2.72. The summed E-state index contributed by atoms with van der Waals surface area (Å²) in [5.74, 6) is 0. The van der Waals surface area contributed by atoms with Crippen molar-refractivity contribution in [1.29, 1.82) is 0 Å². The van der Waals surface area contributed by atoms with Crippen molar-refractivity contribution in [3.05, 3.63) is 0 Å². The molecule has 2 rings (SSSR count). The Morgan fingerprint density at radius 1 is 1.19 bits per heavy atom. The largest absolute Gasteiger partial charge is 0.380 e. The Kier molecular flexibility index (Phi) is 5.73. The SMILES string of the molecule is CC.CCOCC12CCCN1CCN(C)C2. The van der Waals surface area contributed by atoms with E-state index < -0.39 is 0 Å². The van der Waals surface area contributed by atoms with Crippen molar-refractivity contribution in [2.75, 3.05) is 46.4 Å². The van der Waals surface area contributed by atoms with Gasteiger partial charge in [-0.25, -0.2) is 0 Å². The van der Waals surface area contributed by atoms with E-state index in [4.69, 9.17) is 4.74 Å². The van der Waals surface area contributed by atoms with Crippen molar-refractivity contribution in [3.8, 4) is 0 Å². The molecule has 2 heterocycles. The van der Waals surface area contributed by atoms with E-state index in [1.54, 1.807) is 0 Å². The van der Waals surface area contributed by atoms with E-state index in [9.17, 15) is 0 Å². The molecule has 96 valence electrons. The molecule has 0 N–H and O–H groups in total. The third-order valence-corrected chi connectivity index (χ3v) is 3.63. The zero-order valence-corrected chi connectivity index (χ0v) is 11.5. The van der Waals surface area contributed by atoms with E-state index >= 15 is 0 Å². The van der Waals surface area contributed by atoms with Crippen LogP contribution in [0.25, 0.3) is 0 Å². The monoisotopic (exact) mass is 228 g/mol. The number of hydrogen-bond acceptors (Lipinski definition) is 3. The standard InChI is InChI=1S/C11H22N2O.C2H6/c1-3-14-10-11-5-4-6-13(11)8-7-12(2)9-11;1-2/h3-10H2,1-2H3;1-2H3. The van der Waals surface area contributed by atoms with E-state index in [1.807, 2.05) is 13.8 Å². The van der Waals surface area contributed by atoms with Crippen LogP contribution in [-0.4, -0.2) is 61.8 Å². The molecular formula is C13H28N2O. The zero-order valence-electron chi connectivity index (χ0n) is 11.5. The Morgan fingerprint density at radius 2 is 1.94 bits per heavy atom. The van der Waals surface area contributed by atoms with Crippen LogP contribution in [0.3, 0.4) is 0 Å². The summed E-state index contributed by atoms with van der Waals surface area (Å²) in [6.07, 6.45) is 2.66. The van der Waals surface area contributed by atoms with Crippen molar-refractivity contribution in [2.45, 2.75) is 39.2 Å². The van der Waals surface area contributed by atoms with E-state index in [1.165, 1.54) is 39.0 Å². The molecule has 16 heavy (non-hydrogen) atoms. The molecule has 2 aliphatic rings. The molecule has 2 fully saturated rings. The molecule has 0 amide bonds. The molecule has 0 aromatic rings. The second-order valence-electron chi connectivity index (χ2n) is 4.69. The summed E-state index contributed by atoms with van der Waals surface area (Å²) in [5, 5.41) is 0. The van der Waals surface area contributed by atoms with Crippen LogP contribution in [0.15, 0.2) is 0 Å². The Morgan fingerprint density at radius 3 is 2.62 bits per heavy atom. The van der Waals surface area contributed by atoms with Gasteiger partial charge in [0.2, 0.25) is 0 Å². The molecule has 2 saturated heterocycles. The van der Waals surface area contributed by atoms with Gasteiger partial charge in [-0.3, -0.25) is 4.90 Å². The van der Waals surface area contributed by atoms with Crippen LogP contribution in [0.1, 0.15) is 33.6 Å². The first-order chi connectivity index (χ1) is 7.77. The number of ether oxygens (including phenoxy) is 1. The van der Waals surface area contributed by atoms with Crippen molar-refractivity contribution in [3.63, 3.8) is 0 Å². The molecule has 0 aliphatic carbocycles. The van der Waals surface area contributed by atoms with Gasteiger partial charge in [-0.15, -0.1) is 0 Å². The van der Waals surface area contributed by atoms with Crippen LogP contribution in [0.4, 0.5) is 0 Å². The van der Waals surface area contributed by atoms with Crippen molar-refractivity contribution in [1.82, 2.24) is 9.80 Å². The minimum Gasteiger partial charge on any atom is -0.380 e. The molecule has 1 atom stereocenters. The molecule has 3 nitrogen and oxygen atoms in total. The lowest BCUT2D eigenvalue weighted by Gasteiger charge is -2.45. The number of hydrogen-bond donors (Lipinski definition) is 0. The normalized spacial score (nSPS) is 30.8. The van der Waals surface area contributed by atoms with Crippen molar-refractivity contribution < 1.29 is 4.74 Å². The number of rotatable bonds is 3. The van der Waals surface area contributed by atoms with E-state index in [0.717, 1.165) is 13.2 Å². The fourth-order valence-corrected chi connectivity index (χ4v) is 2.90. The molecule has 1 unspecified atom stereocenters. The van der Waals surface area contributed by atoms with E-state index in [2.05, 4.69) is 23.8 Å². The van der Waals surface area contributed by atoms with E-state index in [0.29, 0.717) is 5.54 Å². The molecule has 0 radical (unpaired) electrons. The molecular weight excluding hydrogens is 200 g/mol. The van der Waals surface area contributed by atoms with Gasteiger partial charge in [-0.1, -0.05) is 13.8 Å². The smallest absolute Gasteiger partial charge is 0.0662 e. The highest BCUT2D eigenvalue weighted by molar-refractivity contribution is 5.00. The Hall–Kier alpha value is -0.120. The Balaban J connectivity index is 0.000000606. The van der Waals surface area contributed by atoms with E-state index in [-0.39, 0.29) is 0 Å². The third-order valence-electron chi connectivity index (χ3n) is 3.63. The Bertz CT molecular complexity index is 198. The van der Waals surface area contributed by atoms with Gasteiger partial charge in [0.05, 0.1) is 12.1 Å². The van der Waals surface area contributed by atoms with Crippen LogP contribution >= 0.6 is 0 Å². The highest BCUT2D eigenvalue weighted by atomic mass is 16.5. The van der Waals surface area contributed by atoms with Crippen LogP contribution in [0.5, 0.6) is 0 Å². The Labute approximate surface area is 101 Å². The summed E-state index contributed by atoms with van der Waals surface area (Å²) in [6, 6.07) is 0. The molecule has 0 aromatic heterocycles. The topological polar surface area (TPSA) is 15.7 Å². The quantitative estimate of drug-likeness (QED) is 0.733. The second-order valence-corrected chi connectivity index (χ2v) is 4.69. The highest BCUT2D eigenvalue weighted by Gasteiger charge is 2.43. The van der Waals surface area contributed by atoms with Crippen LogP contribution in [0, 0.1) is 0 Å². The molecule has 0 aromatic carbocycles. The van der Waals surface area contributed by atoms with Gasteiger partial charge in [-0.05, 0) is 33.4 Å². The molecule has 3 heteroatoms. The third kappa shape index (κ3) is 2.96. The van der Waals surface area contributed by atoms with Crippen LogP contribution < -0.4 is 0 Å². The van der Waals surface area contributed by atoms with Gasteiger partial charge < -0.3 is 9.64 Å². The predicted molar refractivity (Wildman–Crippen MR) is 68.9 cm³/mol. The second kappa shape index (κ2) is 6.58. The van der Waals surface area contributed by atoms with Gasteiger partial charge in [0.1, 0.15) is 0 Å². The summed E-state index contributed by atoms with van der Waals surface area (Å²) in [4.78, 5) is 5.09. The maximum absolute atomic E-state index is 5.66. The first-order valence-electron chi connectivity index (χ1n) is 6.78. The molecule has 2 aliphatic heterocycles. The number of piperazine rings is 1. The fraction of sp³-hybridized carbons (Fsp3) is 1.00. The zero-order chi connectivity index (χ0) is 12.0. The van der Waals surface area contributed by atoms with Gasteiger partial charge >= 0.3 is 0 Å². The summed E-state index contributed by atoms with van der Waals surface area (Å²) in [6.45, 7) is 12.8. The number of likely N-dealkylation sites (N-methyl/N-ethyl adjacent to an activating group) is 1. The maximum Gasteiger partial charge on any atom is 0.0662 e. The fourth-order valence-electron chi connectivity index (χ4n) is 2.90. The summed E-state index contributed by atoms with van der Waals surface area (Å²) < 4.78 is 5.66. The number of fused-ring (bicyclic) bond motifs is 1. The molecule has 0 saturated carbocycles. The summed E-state index contributed by atoms with van der Waals surface area (Å²) in [7, 11) is 2.23. The molecule has 0 bridgehead atoms. The summed E-state index contributed by atoms with van der Waals surface area (Å²) in [5.41, 5.74) is 0.350. The van der Waals surface area contributed by atoms with Crippen LogP contribution in [-0.2, 0) is 4.74 Å². The first kappa shape index (κ1) is 13.9. The summed E-state index contributed by atoms with van der Waals surface area (Å²) >= 11 is 0. The van der Waals surface area contributed by atoms with Crippen molar-refractivity contribution in [2.24, 2.45) is 0 Å². The predicted octanol–water partition coefficient (Wildman–Crippen LogP) is 1.83. The lowest BCUT2D eigenvalue weighted by molar-refractivity contribution is -0.0268. The van der Waals surface area contributed by atoms with Gasteiger partial charge in [0.25, 0.3) is 0 Å². The highest BCUT2D eigenvalue weighted by Crippen LogP contribution is 2.32. The average molecular weight is 228 g/mol. The maximum atomic E-state index is 5.66. The lowest BCUT2D eigenvalue weighted by Crippen LogP contribution is -2.60. The van der Waals surface area contributed by atoms with Gasteiger partial charge in [0, 0.05) is 26.2 Å². The molecule has 0 spiro atoms. The van der Waals surface area contributed by atoms with Gasteiger partial charge in [0.15, 0.2) is 0 Å². The van der Waals surface area contributed by atoms with Crippen LogP contribution in [0.2, 0.25) is 0 Å². The lowest BCUT2D eigenvalue weighted by atomic mass is 9.94.